The summed E-state index contributed by atoms with van der Waals surface area (Å²) in [5.74, 6) is 0.183. The van der Waals surface area contributed by atoms with Gasteiger partial charge in [-0.3, -0.25) is 4.79 Å². The molecule has 0 aliphatic carbocycles. The summed E-state index contributed by atoms with van der Waals surface area (Å²) in [5, 5.41) is 11.9. The standard InChI is InChI=1S/C17H13ClFN3OS2/c18-13-3-1-2-12(8-13)10-24-17-22-21-16(25-17)20-15(23)9-11-4-6-14(19)7-5-11/h1-8H,9-10H2,(H,20,21,23). The third-order valence-electron chi connectivity index (χ3n) is 3.18. The zero-order valence-corrected chi connectivity index (χ0v) is 15.3. The second-order valence-corrected chi connectivity index (χ2v) is 7.78. The van der Waals surface area contributed by atoms with E-state index in [-0.39, 0.29) is 18.1 Å². The molecule has 1 aromatic heterocycles. The predicted molar refractivity (Wildman–Crippen MR) is 99.7 cm³/mol. The molecule has 25 heavy (non-hydrogen) atoms. The largest absolute Gasteiger partial charge is 0.300 e. The lowest BCUT2D eigenvalue weighted by Gasteiger charge is -2.01. The van der Waals surface area contributed by atoms with Gasteiger partial charge in [0.05, 0.1) is 6.42 Å². The Balaban J connectivity index is 1.52. The molecule has 0 unspecified atom stereocenters. The Kier molecular flexibility index (Phi) is 6.01. The molecule has 0 fully saturated rings. The van der Waals surface area contributed by atoms with Crippen molar-refractivity contribution in [2.24, 2.45) is 0 Å². The lowest BCUT2D eigenvalue weighted by molar-refractivity contribution is -0.115. The fourth-order valence-electron chi connectivity index (χ4n) is 2.04. The number of hydrogen-bond donors (Lipinski definition) is 1. The van der Waals surface area contributed by atoms with Crippen LogP contribution in [0.3, 0.4) is 0 Å². The maximum atomic E-state index is 12.9. The van der Waals surface area contributed by atoms with Gasteiger partial charge in [-0.05, 0) is 35.4 Å². The number of nitrogens with one attached hydrogen (secondary N) is 1. The van der Waals surface area contributed by atoms with Gasteiger partial charge >= 0.3 is 0 Å². The van der Waals surface area contributed by atoms with Gasteiger partial charge in [-0.2, -0.15) is 0 Å². The number of rotatable bonds is 6. The molecular weight excluding hydrogens is 381 g/mol. The van der Waals surface area contributed by atoms with Gasteiger partial charge in [0.15, 0.2) is 4.34 Å². The first-order valence-corrected chi connectivity index (χ1v) is 9.51. The summed E-state index contributed by atoms with van der Waals surface area (Å²) in [5.41, 5.74) is 1.83. The summed E-state index contributed by atoms with van der Waals surface area (Å²) < 4.78 is 13.6. The van der Waals surface area contributed by atoms with E-state index in [1.165, 1.54) is 35.2 Å². The Bertz CT molecular complexity index is 870. The van der Waals surface area contributed by atoms with E-state index in [1.54, 1.807) is 12.1 Å². The minimum absolute atomic E-state index is 0.158. The van der Waals surface area contributed by atoms with Crippen molar-refractivity contribution in [3.8, 4) is 0 Å². The van der Waals surface area contributed by atoms with Crippen LogP contribution in [-0.4, -0.2) is 16.1 Å². The van der Waals surface area contributed by atoms with Crippen LogP contribution in [0.4, 0.5) is 9.52 Å². The van der Waals surface area contributed by atoms with Gasteiger partial charge in [0.25, 0.3) is 0 Å². The molecule has 1 amide bonds. The average molecular weight is 394 g/mol. The molecule has 0 bridgehead atoms. The summed E-state index contributed by atoms with van der Waals surface area (Å²) >= 11 is 8.80. The molecule has 128 valence electrons. The molecule has 2 aromatic carbocycles. The molecule has 3 aromatic rings. The zero-order chi connectivity index (χ0) is 17.6. The van der Waals surface area contributed by atoms with Crippen molar-refractivity contribution in [2.45, 2.75) is 16.5 Å². The molecule has 4 nitrogen and oxygen atoms in total. The van der Waals surface area contributed by atoms with Crippen molar-refractivity contribution >= 4 is 45.7 Å². The number of anilines is 1. The first-order valence-electron chi connectivity index (χ1n) is 7.33. The van der Waals surface area contributed by atoms with E-state index in [0.717, 1.165) is 21.2 Å². The maximum Gasteiger partial charge on any atom is 0.230 e. The highest BCUT2D eigenvalue weighted by atomic mass is 35.5. The van der Waals surface area contributed by atoms with Gasteiger partial charge < -0.3 is 5.32 Å². The number of thioether (sulfide) groups is 1. The van der Waals surface area contributed by atoms with E-state index < -0.39 is 0 Å². The van der Waals surface area contributed by atoms with Crippen LogP contribution in [0.1, 0.15) is 11.1 Å². The first kappa shape index (κ1) is 17.8. The van der Waals surface area contributed by atoms with Crippen LogP contribution < -0.4 is 5.32 Å². The normalized spacial score (nSPS) is 10.6. The molecular formula is C17H13ClFN3OS2. The van der Waals surface area contributed by atoms with Gasteiger partial charge in [-0.15, -0.1) is 10.2 Å². The third kappa shape index (κ3) is 5.52. The second kappa shape index (κ2) is 8.42. The molecule has 8 heteroatoms. The molecule has 0 saturated carbocycles. The highest BCUT2D eigenvalue weighted by Gasteiger charge is 2.10. The number of halogens is 2. The first-order chi connectivity index (χ1) is 12.1. The molecule has 1 heterocycles. The van der Waals surface area contributed by atoms with Gasteiger partial charge in [0.1, 0.15) is 5.82 Å². The Morgan fingerprint density at radius 2 is 1.96 bits per heavy atom. The van der Waals surface area contributed by atoms with Crippen LogP contribution in [0.15, 0.2) is 52.9 Å². The molecule has 0 atom stereocenters. The van der Waals surface area contributed by atoms with Gasteiger partial charge in [0.2, 0.25) is 11.0 Å². The van der Waals surface area contributed by atoms with Crippen LogP contribution in [0.25, 0.3) is 0 Å². The number of carbonyl (C=O) groups is 1. The van der Waals surface area contributed by atoms with Crippen LogP contribution in [0, 0.1) is 5.82 Å². The summed E-state index contributed by atoms with van der Waals surface area (Å²) in [6.07, 6.45) is 0.158. The lowest BCUT2D eigenvalue weighted by Crippen LogP contribution is -2.14. The van der Waals surface area contributed by atoms with Gasteiger partial charge in [-0.1, -0.05) is 59.0 Å². The molecule has 0 saturated heterocycles. The molecule has 1 N–H and O–H groups in total. The van der Waals surface area contributed by atoms with E-state index in [4.69, 9.17) is 11.6 Å². The average Bonchev–Trinajstić information content (AvgIpc) is 3.02. The lowest BCUT2D eigenvalue weighted by atomic mass is 10.1. The second-order valence-electron chi connectivity index (χ2n) is 5.14. The van der Waals surface area contributed by atoms with Crippen LogP contribution in [-0.2, 0) is 17.0 Å². The Morgan fingerprint density at radius 3 is 2.72 bits per heavy atom. The van der Waals surface area contributed by atoms with Crippen LogP contribution >= 0.6 is 34.7 Å². The minimum Gasteiger partial charge on any atom is -0.300 e. The monoisotopic (exact) mass is 393 g/mol. The Labute approximate surface area is 157 Å². The van der Waals surface area contributed by atoms with Crippen molar-refractivity contribution in [3.05, 3.63) is 70.5 Å². The molecule has 3 rings (SSSR count). The SMILES string of the molecule is O=C(Cc1ccc(F)cc1)Nc1nnc(SCc2cccc(Cl)c2)s1. The summed E-state index contributed by atoms with van der Waals surface area (Å²) in [6, 6.07) is 13.5. The number of benzene rings is 2. The quantitative estimate of drug-likeness (QED) is 0.482. The van der Waals surface area contributed by atoms with E-state index in [2.05, 4.69) is 15.5 Å². The topological polar surface area (TPSA) is 54.9 Å². The van der Waals surface area contributed by atoms with Crippen LogP contribution in [0.2, 0.25) is 5.02 Å². The summed E-state index contributed by atoms with van der Waals surface area (Å²) in [7, 11) is 0. The third-order valence-corrected chi connectivity index (χ3v) is 5.46. The van der Waals surface area contributed by atoms with Crippen molar-refractivity contribution in [3.63, 3.8) is 0 Å². The number of nitrogens with zero attached hydrogens (tertiary/aromatic N) is 2. The molecule has 0 spiro atoms. The highest BCUT2D eigenvalue weighted by Crippen LogP contribution is 2.29. The summed E-state index contributed by atoms with van der Waals surface area (Å²) in [4.78, 5) is 12.0. The highest BCUT2D eigenvalue weighted by molar-refractivity contribution is 8.00. The minimum atomic E-state index is -0.324. The molecule has 0 aliphatic heterocycles. The number of hydrogen-bond acceptors (Lipinski definition) is 5. The fraction of sp³-hybridized carbons (Fsp3) is 0.118. The van der Waals surface area contributed by atoms with Crippen molar-refractivity contribution in [2.75, 3.05) is 5.32 Å². The van der Waals surface area contributed by atoms with Gasteiger partial charge in [-0.25, -0.2) is 4.39 Å². The van der Waals surface area contributed by atoms with E-state index in [0.29, 0.717) is 10.2 Å². The Morgan fingerprint density at radius 1 is 1.16 bits per heavy atom. The summed E-state index contributed by atoms with van der Waals surface area (Å²) in [6.45, 7) is 0. The maximum absolute atomic E-state index is 12.9. The van der Waals surface area contributed by atoms with Crippen molar-refractivity contribution in [1.29, 1.82) is 0 Å². The molecule has 0 aliphatic rings. The zero-order valence-electron chi connectivity index (χ0n) is 12.9. The van der Waals surface area contributed by atoms with Crippen LogP contribution in [0.5, 0.6) is 0 Å². The van der Waals surface area contributed by atoms with E-state index >= 15 is 0 Å². The van der Waals surface area contributed by atoms with Crippen molar-refractivity contribution in [1.82, 2.24) is 10.2 Å². The molecule has 0 radical (unpaired) electrons. The predicted octanol–water partition coefficient (Wildman–Crippen LogP) is 4.80. The Hall–Kier alpha value is -1.96. The van der Waals surface area contributed by atoms with E-state index in [1.807, 2.05) is 24.3 Å². The number of carbonyl (C=O) groups excluding carboxylic acids is 1. The number of aromatic nitrogens is 2. The number of amides is 1. The fourth-order valence-corrected chi connectivity index (χ4v) is 3.97. The smallest absolute Gasteiger partial charge is 0.230 e. The van der Waals surface area contributed by atoms with Crippen molar-refractivity contribution < 1.29 is 9.18 Å². The van der Waals surface area contributed by atoms with Gasteiger partial charge in [0, 0.05) is 10.8 Å². The van der Waals surface area contributed by atoms with E-state index in [9.17, 15) is 9.18 Å².